The van der Waals surface area contributed by atoms with Gasteiger partial charge in [0.2, 0.25) is 11.8 Å². The fourth-order valence-corrected chi connectivity index (χ4v) is 4.77. The van der Waals surface area contributed by atoms with Crippen LogP contribution in [0.3, 0.4) is 0 Å². The van der Waals surface area contributed by atoms with Crippen LogP contribution in [0, 0.1) is 0 Å². The highest BCUT2D eigenvalue weighted by Gasteiger charge is 2.39. The molecule has 34 heavy (non-hydrogen) atoms. The average Bonchev–Trinajstić information content (AvgIpc) is 3.15. The molecule has 3 heterocycles. The second-order valence-corrected chi connectivity index (χ2v) is 9.69. The van der Waals surface area contributed by atoms with Crippen LogP contribution in [-0.4, -0.2) is 67.8 Å². The number of hydrogen-bond donors (Lipinski definition) is 3. The fraction of sp³-hybridized carbons (Fsp3) is 0.348. The molecule has 10 nitrogen and oxygen atoms in total. The number of nitrogens with zero attached hydrogens (tertiary/aromatic N) is 2. The molecule has 3 aliphatic heterocycles. The van der Waals surface area contributed by atoms with Crippen LogP contribution in [0.25, 0.3) is 0 Å². The molecule has 3 aliphatic rings. The number of nitrogens with one attached hydrogen (secondary N) is 2. The molecule has 0 aromatic heterocycles. The molecule has 180 valence electrons. The van der Waals surface area contributed by atoms with Crippen molar-refractivity contribution in [3.05, 3.63) is 59.7 Å². The topological polar surface area (TPSA) is 136 Å². The summed E-state index contributed by atoms with van der Waals surface area (Å²) in [6, 6.07) is 12.8. The van der Waals surface area contributed by atoms with E-state index in [2.05, 4.69) is 21.6 Å². The number of carbonyl (C=O) groups is 3. The number of imide groups is 1. The molecule has 11 heteroatoms. The molecule has 0 radical (unpaired) electrons. The van der Waals surface area contributed by atoms with Gasteiger partial charge in [-0.1, -0.05) is 18.2 Å². The van der Waals surface area contributed by atoms with E-state index in [1.807, 2.05) is 12.1 Å². The first-order valence-electron chi connectivity index (χ1n) is 11.0. The number of anilines is 1. The van der Waals surface area contributed by atoms with Crippen molar-refractivity contribution in [2.24, 2.45) is 0 Å². The Labute approximate surface area is 197 Å². The van der Waals surface area contributed by atoms with Crippen molar-refractivity contribution in [2.75, 3.05) is 31.1 Å². The van der Waals surface area contributed by atoms with Gasteiger partial charge in [0.15, 0.2) is 0 Å². The van der Waals surface area contributed by atoms with Crippen LogP contribution in [-0.2, 0) is 26.3 Å². The van der Waals surface area contributed by atoms with Crippen molar-refractivity contribution in [2.45, 2.75) is 30.3 Å². The summed E-state index contributed by atoms with van der Waals surface area (Å²) >= 11 is 0. The summed E-state index contributed by atoms with van der Waals surface area (Å²) in [4.78, 5) is 39.8. The molecule has 0 aliphatic carbocycles. The van der Waals surface area contributed by atoms with Gasteiger partial charge < -0.3 is 15.1 Å². The van der Waals surface area contributed by atoms with E-state index in [1.54, 1.807) is 23.1 Å². The largest absolute Gasteiger partial charge is 0.369 e. The van der Waals surface area contributed by atoms with Crippen LogP contribution in [0.5, 0.6) is 0 Å². The lowest BCUT2D eigenvalue weighted by molar-refractivity contribution is -0.136. The van der Waals surface area contributed by atoms with Gasteiger partial charge in [0.05, 0.1) is 4.90 Å². The number of amides is 3. The summed E-state index contributed by atoms with van der Waals surface area (Å²) in [7, 11) is -4.00. The molecule has 2 saturated heterocycles. The maximum absolute atomic E-state index is 12.6. The summed E-state index contributed by atoms with van der Waals surface area (Å²) in [5.74, 6) is -0.748. The number of fused-ring (bicyclic) bond motifs is 1. The van der Waals surface area contributed by atoms with Crippen molar-refractivity contribution in [1.29, 1.82) is 0 Å². The molecule has 2 aromatic carbocycles. The smallest absolute Gasteiger partial charge is 0.294 e. The molecule has 2 fully saturated rings. The number of piperidine rings is 1. The Bertz CT molecular complexity index is 1200. The van der Waals surface area contributed by atoms with E-state index >= 15 is 0 Å². The highest BCUT2D eigenvalue weighted by Crippen LogP contribution is 2.30. The fourth-order valence-electron chi connectivity index (χ4n) is 4.27. The van der Waals surface area contributed by atoms with Gasteiger partial charge in [-0.25, -0.2) is 0 Å². The van der Waals surface area contributed by atoms with Gasteiger partial charge in [-0.05, 0) is 42.3 Å². The molecule has 0 spiro atoms. The van der Waals surface area contributed by atoms with Crippen molar-refractivity contribution in [1.82, 2.24) is 15.5 Å². The number of hydrogen-bond acceptors (Lipinski definition) is 7. The van der Waals surface area contributed by atoms with E-state index in [1.165, 1.54) is 12.1 Å². The van der Waals surface area contributed by atoms with Gasteiger partial charge in [-0.15, -0.1) is 0 Å². The summed E-state index contributed by atoms with van der Waals surface area (Å²) in [6.07, 6.45) is 0.678. The van der Waals surface area contributed by atoms with Gasteiger partial charge in [-0.3, -0.25) is 24.3 Å². The summed E-state index contributed by atoms with van der Waals surface area (Å²) in [5.41, 5.74) is 2.74. The second kappa shape index (κ2) is 9.92. The minimum absolute atomic E-state index is 0.0741. The zero-order valence-electron chi connectivity index (χ0n) is 18.4. The van der Waals surface area contributed by atoms with E-state index in [0.717, 1.165) is 37.4 Å². The number of piperazine rings is 1. The zero-order valence-corrected chi connectivity index (χ0v) is 19.3. The quantitative estimate of drug-likeness (QED) is 0.428. The average molecular weight is 487 g/mol. The van der Waals surface area contributed by atoms with Crippen molar-refractivity contribution >= 4 is 33.5 Å². The highest BCUT2D eigenvalue weighted by atomic mass is 32.2. The normalized spacial score (nSPS) is 20.4. The Kier molecular flexibility index (Phi) is 6.96. The van der Waals surface area contributed by atoms with Crippen molar-refractivity contribution in [3.8, 4) is 0 Å². The lowest BCUT2D eigenvalue weighted by Gasteiger charge is -2.30. The Morgan fingerprint density at radius 3 is 2.29 bits per heavy atom. The van der Waals surface area contributed by atoms with Gasteiger partial charge in [-0.2, -0.15) is 8.42 Å². The molecular formula is C23H26N4O6S. The first-order valence-corrected chi connectivity index (χ1v) is 12.4. The standard InChI is InChI=1S/C17H20N4O3.C6H6O3S/c22-15-4-3-14(16(23)19-15)21-10-11-9-12(1-2-13(11)17(21)24)20-7-5-18-6-8-20;7-10(8,9)6-4-2-1-3-5-6/h1-2,9,14,18H,3-8,10H2,(H,19,22,23);1-5H,(H,7,8,9). The zero-order chi connectivity index (χ0) is 24.3. The summed E-state index contributed by atoms with van der Waals surface area (Å²) in [5, 5.41) is 5.66. The van der Waals surface area contributed by atoms with Crippen LogP contribution < -0.4 is 15.5 Å². The monoisotopic (exact) mass is 486 g/mol. The molecule has 0 saturated carbocycles. The van der Waals surface area contributed by atoms with E-state index < -0.39 is 16.2 Å². The Morgan fingerprint density at radius 2 is 1.68 bits per heavy atom. The Morgan fingerprint density at radius 1 is 0.971 bits per heavy atom. The molecule has 2 aromatic rings. The van der Waals surface area contributed by atoms with Crippen LogP contribution in [0.4, 0.5) is 5.69 Å². The lowest BCUT2D eigenvalue weighted by Crippen LogP contribution is -2.52. The predicted octanol–water partition coefficient (Wildman–Crippen LogP) is 0.791. The molecule has 1 unspecified atom stereocenters. The Hall–Kier alpha value is -3.28. The SMILES string of the molecule is O=C1CCC(N2Cc3cc(N4CCNCC4)ccc3C2=O)C(=O)N1.O=S(=O)(O)c1ccccc1. The molecular weight excluding hydrogens is 460 g/mol. The molecule has 3 amide bonds. The van der Waals surface area contributed by atoms with Crippen LogP contribution in [0.2, 0.25) is 0 Å². The van der Waals surface area contributed by atoms with E-state index in [4.69, 9.17) is 4.55 Å². The summed E-state index contributed by atoms with van der Waals surface area (Å²) in [6.45, 7) is 4.24. The first-order chi connectivity index (χ1) is 16.2. The van der Waals surface area contributed by atoms with Crippen molar-refractivity contribution < 1.29 is 27.4 Å². The number of carbonyl (C=O) groups excluding carboxylic acids is 3. The molecule has 1 atom stereocenters. The maximum atomic E-state index is 12.6. The van der Waals surface area contributed by atoms with E-state index in [0.29, 0.717) is 18.5 Å². The molecule has 3 N–H and O–H groups in total. The lowest BCUT2D eigenvalue weighted by atomic mass is 10.0. The minimum atomic E-state index is -4.00. The third-order valence-corrected chi connectivity index (χ3v) is 6.90. The van der Waals surface area contributed by atoms with Gasteiger partial charge in [0.25, 0.3) is 16.0 Å². The minimum Gasteiger partial charge on any atom is -0.369 e. The van der Waals surface area contributed by atoms with Gasteiger partial charge in [0, 0.05) is 50.4 Å². The van der Waals surface area contributed by atoms with E-state index in [9.17, 15) is 22.8 Å². The highest BCUT2D eigenvalue weighted by molar-refractivity contribution is 7.85. The number of rotatable bonds is 3. The van der Waals surface area contributed by atoms with Gasteiger partial charge >= 0.3 is 0 Å². The molecule has 0 bridgehead atoms. The second-order valence-electron chi connectivity index (χ2n) is 8.27. The third kappa shape index (κ3) is 5.27. The van der Waals surface area contributed by atoms with Crippen LogP contribution in [0.1, 0.15) is 28.8 Å². The van der Waals surface area contributed by atoms with Crippen LogP contribution in [0.15, 0.2) is 53.4 Å². The predicted molar refractivity (Wildman–Crippen MR) is 124 cm³/mol. The van der Waals surface area contributed by atoms with Crippen LogP contribution >= 0.6 is 0 Å². The molecule has 5 rings (SSSR count). The first kappa shape index (κ1) is 23.9. The summed E-state index contributed by atoms with van der Waals surface area (Å²) < 4.78 is 29.2. The Balaban J connectivity index is 0.000000231. The third-order valence-electron chi connectivity index (χ3n) is 6.03. The van der Waals surface area contributed by atoms with Crippen molar-refractivity contribution in [3.63, 3.8) is 0 Å². The van der Waals surface area contributed by atoms with E-state index in [-0.39, 0.29) is 29.0 Å². The maximum Gasteiger partial charge on any atom is 0.294 e. The number of benzene rings is 2. The van der Waals surface area contributed by atoms with Gasteiger partial charge in [0.1, 0.15) is 6.04 Å².